The molecule has 128 valence electrons. The second kappa shape index (κ2) is 7.05. The van der Waals surface area contributed by atoms with Crippen LogP contribution in [0.15, 0.2) is 36.4 Å². The highest BCUT2D eigenvalue weighted by Gasteiger charge is 2.11. The highest BCUT2D eigenvalue weighted by molar-refractivity contribution is 7.92. The number of nitrogens with one attached hydrogen (secondary N) is 2. The molecule has 24 heavy (non-hydrogen) atoms. The van der Waals surface area contributed by atoms with Gasteiger partial charge in [-0.1, -0.05) is 6.07 Å². The number of hydrogen-bond acceptors (Lipinski definition) is 3. The summed E-state index contributed by atoms with van der Waals surface area (Å²) < 4.78 is 25.8. The summed E-state index contributed by atoms with van der Waals surface area (Å²) in [5, 5.41) is 2.83. The van der Waals surface area contributed by atoms with Crippen molar-refractivity contribution in [2.24, 2.45) is 0 Å². The number of benzene rings is 2. The molecule has 0 aromatic heterocycles. The van der Waals surface area contributed by atoms with Gasteiger partial charge in [0, 0.05) is 11.3 Å². The fourth-order valence-corrected chi connectivity index (χ4v) is 2.89. The van der Waals surface area contributed by atoms with E-state index in [1.807, 2.05) is 26.0 Å². The van der Waals surface area contributed by atoms with Crippen LogP contribution in [-0.2, 0) is 10.0 Å². The SMILES string of the molecule is CCS(=O)(=O)Nc1ccc(NC(=O)c2ccc(C)c(C)c2)cc1C. The molecular weight excluding hydrogens is 324 g/mol. The summed E-state index contributed by atoms with van der Waals surface area (Å²) >= 11 is 0. The van der Waals surface area contributed by atoms with Crippen LogP contribution in [0.4, 0.5) is 11.4 Å². The van der Waals surface area contributed by atoms with Gasteiger partial charge in [-0.05, 0) is 74.7 Å². The van der Waals surface area contributed by atoms with Crippen molar-refractivity contribution in [3.8, 4) is 0 Å². The lowest BCUT2D eigenvalue weighted by molar-refractivity contribution is 0.102. The number of sulfonamides is 1. The molecule has 2 aromatic carbocycles. The Morgan fingerprint density at radius 2 is 1.67 bits per heavy atom. The molecule has 0 aliphatic carbocycles. The Morgan fingerprint density at radius 1 is 0.958 bits per heavy atom. The van der Waals surface area contributed by atoms with Crippen molar-refractivity contribution in [1.29, 1.82) is 0 Å². The molecule has 5 nitrogen and oxygen atoms in total. The minimum atomic E-state index is -3.32. The van der Waals surface area contributed by atoms with E-state index >= 15 is 0 Å². The van der Waals surface area contributed by atoms with Crippen LogP contribution in [0.1, 0.15) is 34.0 Å². The summed E-state index contributed by atoms with van der Waals surface area (Å²) in [7, 11) is -3.32. The van der Waals surface area contributed by atoms with Gasteiger partial charge in [-0.2, -0.15) is 0 Å². The third kappa shape index (κ3) is 4.35. The summed E-state index contributed by atoms with van der Waals surface area (Å²) in [6.45, 7) is 7.33. The van der Waals surface area contributed by atoms with E-state index in [9.17, 15) is 13.2 Å². The van der Waals surface area contributed by atoms with Crippen molar-refractivity contribution in [3.63, 3.8) is 0 Å². The molecule has 0 bridgehead atoms. The van der Waals surface area contributed by atoms with Crippen molar-refractivity contribution < 1.29 is 13.2 Å². The van der Waals surface area contributed by atoms with Crippen molar-refractivity contribution in [2.45, 2.75) is 27.7 Å². The summed E-state index contributed by atoms with van der Waals surface area (Å²) in [5.41, 5.74) is 4.66. The smallest absolute Gasteiger partial charge is 0.255 e. The number of carbonyl (C=O) groups is 1. The molecule has 6 heteroatoms. The van der Waals surface area contributed by atoms with E-state index in [1.165, 1.54) is 0 Å². The van der Waals surface area contributed by atoms with E-state index in [1.54, 1.807) is 38.1 Å². The van der Waals surface area contributed by atoms with Gasteiger partial charge in [-0.3, -0.25) is 9.52 Å². The number of rotatable bonds is 5. The lowest BCUT2D eigenvalue weighted by Gasteiger charge is -2.12. The molecule has 0 fully saturated rings. The molecule has 0 aliphatic rings. The fraction of sp³-hybridized carbons (Fsp3) is 0.278. The molecule has 2 rings (SSSR count). The first-order valence-electron chi connectivity index (χ1n) is 7.71. The highest BCUT2D eigenvalue weighted by Crippen LogP contribution is 2.21. The van der Waals surface area contributed by atoms with E-state index in [2.05, 4.69) is 10.0 Å². The van der Waals surface area contributed by atoms with Gasteiger partial charge in [0.15, 0.2) is 0 Å². The van der Waals surface area contributed by atoms with Crippen LogP contribution in [0.2, 0.25) is 0 Å². The van der Waals surface area contributed by atoms with Gasteiger partial charge < -0.3 is 5.32 Å². The zero-order valence-corrected chi connectivity index (χ0v) is 15.1. The molecule has 2 aromatic rings. The maximum atomic E-state index is 12.3. The molecule has 0 radical (unpaired) electrons. The zero-order valence-electron chi connectivity index (χ0n) is 14.3. The molecular formula is C18H22N2O3S. The van der Waals surface area contributed by atoms with Crippen molar-refractivity contribution in [1.82, 2.24) is 0 Å². The lowest BCUT2D eigenvalue weighted by atomic mass is 10.1. The summed E-state index contributed by atoms with van der Waals surface area (Å²) in [6.07, 6.45) is 0. The van der Waals surface area contributed by atoms with Crippen LogP contribution < -0.4 is 10.0 Å². The molecule has 2 N–H and O–H groups in total. The summed E-state index contributed by atoms with van der Waals surface area (Å²) in [4.78, 5) is 12.3. The fourth-order valence-electron chi connectivity index (χ4n) is 2.18. The third-order valence-electron chi connectivity index (χ3n) is 3.90. The van der Waals surface area contributed by atoms with Crippen molar-refractivity contribution in [3.05, 3.63) is 58.7 Å². The van der Waals surface area contributed by atoms with E-state index in [0.717, 1.165) is 16.7 Å². The van der Waals surface area contributed by atoms with E-state index in [4.69, 9.17) is 0 Å². The molecule has 0 saturated heterocycles. The van der Waals surface area contributed by atoms with Crippen molar-refractivity contribution >= 4 is 27.3 Å². The number of amides is 1. The Balaban J connectivity index is 2.17. The third-order valence-corrected chi connectivity index (χ3v) is 5.19. The number of carbonyl (C=O) groups excluding carboxylic acids is 1. The van der Waals surface area contributed by atoms with E-state index in [-0.39, 0.29) is 11.7 Å². The highest BCUT2D eigenvalue weighted by atomic mass is 32.2. The van der Waals surface area contributed by atoms with Crippen LogP contribution in [0, 0.1) is 20.8 Å². The van der Waals surface area contributed by atoms with Crippen LogP contribution in [0.5, 0.6) is 0 Å². The molecule has 0 unspecified atom stereocenters. The monoisotopic (exact) mass is 346 g/mol. The summed E-state index contributed by atoms with van der Waals surface area (Å²) in [6, 6.07) is 10.6. The molecule has 1 amide bonds. The van der Waals surface area contributed by atoms with E-state index in [0.29, 0.717) is 16.9 Å². The van der Waals surface area contributed by atoms with Crippen LogP contribution in [-0.4, -0.2) is 20.1 Å². The predicted molar refractivity (Wildman–Crippen MR) is 98.1 cm³/mol. The number of hydrogen-bond donors (Lipinski definition) is 2. The zero-order chi connectivity index (χ0) is 17.9. The molecule has 0 heterocycles. The second-order valence-electron chi connectivity index (χ2n) is 5.79. The van der Waals surface area contributed by atoms with E-state index < -0.39 is 10.0 Å². The Morgan fingerprint density at radius 3 is 2.25 bits per heavy atom. The van der Waals surface area contributed by atoms with Gasteiger partial charge in [0.2, 0.25) is 10.0 Å². The summed E-state index contributed by atoms with van der Waals surface area (Å²) in [5.74, 6) is -0.183. The lowest BCUT2D eigenvalue weighted by Crippen LogP contribution is -2.16. The Labute approximate surface area is 143 Å². The first-order chi connectivity index (χ1) is 11.2. The topological polar surface area (TPSA) is 75.3 Å². The minimum Gasteiger partial charge on any atom is -0.322 e. The van der Waals surface area contributed by atoms with Crippen LogP contribution >= 0.6 is 0 Å². The largest absolute Gasteiger partial charge is 0.322 e. The average molecular weight is 346 g/mol. The average Bonchev–Trinajstić information content (AvgIpc) is 2.52. The maximum absolute atomic E-state index is 12.3. The van der Waals surface area contributed by atoms with Gasteiger partial charge in [0.05, 0.1) is 11.4 Å². The van der Waals surface area contributed by atoms with Gasteiger partial charge >= 0.3 is 0 Å². The predicted octanol–water partition coefficient (Wildman–Crippen LogP) is 3.63. The quantitative estimate of drug-likeness (QED) is 0.868. The maximum Gasteiger partial charge on any atom is 0.255 e. The second-order valence-corrected chi connectivity index (χ2v) is 7.80. The normalized spacial score (nSPS) is 11.2. The van der Waals surface area contributed by atoms with Crippen LogP contribution in [0.3, 0.4) is 0 Å². The van der Waals surface area contributed by atoms with Crippen LogP contribution in [0.25, 0.3) is 0 Å². The van der Waals surface area contributed by atoms with Gasteiger partial charge in [-0.15, -0.1) is 0 Å². The van der Waals surface area contributed by atoms with Gasteiger partial charge in [0.25, 0.3) is 5.91 Å². The Kier molecular flexibility index (Phi) is 5.29. The number of anilines is 2. The van der Waals surface area contributed by atoms with Gasteiger partial charge in [-0.25, -0.2) is 8.42 Å². The van der Waals surface area contributed by atoms with Crippen molar-refractivity contribution in [2.75, 3.05) is 15.8 Å². The minimum absolute atomic E-state index is 0.0116. The Bertz CT molecular complexity index is 874. The Hall–Kier alpha value is -2.34. The van der Waals surface area contributed by atoms with Gasteiger partial charge in [0.1, 0.15) is 0 Å². The first-order valence-corrected chi connectivity index (χ1v) is 9.37. The standard InChI is InChI=1S/C18H22N2O3S/c1-5-24(22,23)20-17-9-8-16(11-14(17)4)19-18(21)15-7-6-12(2)13(3)10-15/h6-11,20H,5H2,1-4H3,(H,19,21). The molecule has 0 spiro atoms. The molecule has 0 saturated carbocycles. The molecule has 0 atom stereocenters. The molecule has 0 aliphatic heterocycles. The number of aryl methyl sites for hydroxylation is 3. The first kappa shape index (κ1) is 18.0.